The molecule has 18 heavy (non-hydrogen) atoms. The third-order valence-corrected chi connectivity index (χ3v) is 4.00. The Hall–Kier alpha value is -1.03. The van der Waals surface area contributed by atoms with Gasteiger partial charge in [0, 0.05) is 15.8 Å². The zero-order valence-electron chi connectivity index (χ0n) is 9.86. The minimum Gasteiger partial charge on any atom is -0.324 e. The quantitative estimate of drug-likeness (QED) is 0.886. The summed E-state index contributed by atoms with van der Waals surface area (Å²) in [6.45, 7) is 1.91. The molecule has 0 heterocycles. The normalized spacial score (nSPS) is 12.4. The van der Waals surface area contributed by atoms with Crippen molar-refractivity contribution in [2.75, 3.05) is 0 Å². The number of rotatable bonds is 3. The topological polar surface area (TPSA) is 26.0 Å². The van der Waals surface area contributed by atoms with Crippen LogP contribution in [-0.2, 0) is 0 Å². The molecule has 2 N–H and O–H groups in total. The van der Waals surface area contributed by atoms with Crippen LogP contribution >= 0.6 is 23.4 Å². The number of hydrogen-bond acceptors (Lipinski definition) is 2. The van der Waals surface area contributed by atoms with E-state index >= 15 is 0 Å². The van der Waals surface area contributed by atoms with Gasteiger partial charge in [-0.1, -0.05) is 35.5 Å². The summed E-state index contributed by atoms with van der Waals surface area (Å²) < 4.78 is 13.1. The SMILES string of the molecule is CC(N)c1ccc(Sc2cccc(F)c2)c(Cl)c1. The first-order valence-corrected chi connectivity index (χ1v) is 6.74. The summed E-state index contributed by atoms with van der Waals surface area (Å²) >= 11 is 7.63. The van der Waals surface area contributed by atoms with Gasteiger partial charge in [-0.3, -0.25) is 0 Å². The van der Waals surface area contributed by atoms with Crippen molar-refractivity contribution < 1.29 is 4.39 Å². The van der Waals surface area contributed by atoms with E-state index in [9.17, 15) is 4.39 Å². The van der Waals surface area contributed by atoms with Crippen molar-refractivity contribution in [1.82, 2.24) is 0 Å². The van der Waals surface area contributed by atoms with E-state index in [0.29, 0.717) is 5.02 Å². The van der Waals surface area contributed by atoms with Crippen molar-refractivity contribution in [2.45, 2.75) is 22.8 Å². The highest BCUT2D eigenvalue weighted by molar-refractivity contribution is 7.99. The van der Waals surface area contributed by atoms with Crippen LogP contribution in [-0.4, -0.2) is 0 Å². The van der Waals surface area contributed by atoms with Crippen LogP contribution in [0.15, 0.2) is 52.3 Å². The van der Waals surface area contributed by atoms with E-state index in [2.05, 4.69) is 0 Å². The van der Waals surface area contributed by atoms with E-state index in [1.165, 1.54) is 23.9 Å². The third kappa shape index (κ3) is 3.25. The van der Waals surface area contributed by atoms with Gasteiger partial charge in [0.1, 0.15) is 5.82 Å². The van der Waals surface area contributed by atoms with Gasteiger partial charge in [0.15, 0.2) is 0 Å². The second kappa shape index (κ2) is 5.74. The van der Waals surface area contributed by atoms with Crippen LogP contribution in [0.2, 0.25) is 5.02 Å². The van der Waals surface area contributed by atoms with E-state index in [0.717, 1.165) is 15.4 Å². The Labute approximate surface area is 115 Å². The lowest BCUT2D eigenvalue weighted by molar-refractivity contribution is 0.624. The van der Waals surface area contributed by atoms with Crippen LogP contribution in [0.5, 0.6) is 0 Å². The van der Waals surface area contributed by atoms with Gasteiger partial charge in [-0.2, -0.15) is 0 Å². The van der Waals surface area contributed by atoms with Crippen molar-refractivity contribution in [2.24, 2.45) is 5.73 Å². The van der Waals surface area contributed by atoms with E-state index in [-0.39, 0.29) is 11.9 Å². The molecule has 0 saturated heterocycles. The molecule has 0 bridgehead atoms. The molecule has 1 unspecified atom stereocenters. The van der Waals surface area contributed by atoms with Gasteiger partial charge in [0.25, 0.3) is 0 Å². The van der Waals surface area contributed by atoms with Crippen molar-refractivity contribution >= 4 is 23.4 Å². The predicted molar refractivity (Wildman–Crippen MR) is 74.6 cm³/mol. The maximum absolute atomic E-state index is 13.1. The summed E-state index contributed by atoms with van der Waals surface area (Å²) in [7, 11) is 0. The van der Waals surface area contributed by atoms with E-state index in [4.69, 9.17) is 17.3 Å². The molecule has 2 aromatic rings. The fraction of sp³-hybridized carbons (Fsp3) is 0.143. The Morgan fingerprint density at radius 1 is 1.22 bits per heavy atom. The van der Waals surface area contributed by atoms with Crippen LogP contribution in [0.1, 0.15) is 18.5 Å². The molecule has 4 heteroatoms. The Bertz CT molecular complexity index is 557. The van der Waals surface area contributed by atoms with Crippen LogP contribution in [0.3, 0.4) is 0 Å². The molecule has 0 aliphatic rings. The summed E-state index contributed by atoms with van der Waals surface area (Å²) in [5.41, 5.74) is 6.78. The molecule has 0 aliphatic carbocycles. The Balaban J connectivity index is 2.24. The minimum absolute atomic E-state index is 0.0456. The largest absolute Gasteiger partial charge is 0.324 e. The molecule has 1 nitrogen and oxygen atoms in total. The van der Waals surface area contributed by atoms with Crippen LogP contribution in [0, 0.1) is 5.82 Å². The van der Waals surface area contributed by atoms with Crippen molar-refractivity contribution in [1.29, 1.82) is 0 Å². The molecule has 0 saturated carbocycles. The highest BCUT2D eigenvalue weighted by atomic mass is 35.5. The summed E-state index contributed by atoms with van der Waals surface area (Å²) in [5, 5.41) is 0.638. The fourth-order valence-corrected chi connectivity index (χ4v) is 2.71. The zero-order chi connectivity index (χ0) is 13.1. The molecule has 0 radical (unpaired) electrons. The molecule has 0 aromatic heterocycles. The van der Waals surface area contributed by atoms with Gasteiger partial charge in [-0.15, -0.1) is 0 Å². The number of hydrogen-bond donors (Lipinski definition) is 1. The van der Waals surface area contributed by atoms with Gasteiger partial charge in [0.05, 0.1) is 5.02 Å². The average molecular weight is 282 g/mol. The molecule has 0 aliphatic heterocycles. The van der Waals surface area contributed by atoms with E-state index in [1.807, 2.05) is 31.2 Å². The highest BCUT2D eigenvalue weighted by Gasteiger charge is 2.07. The first kappa shape index (κ1) is 13.4. The first-order chi connectivity index (χ1) is 8.56. The van der Waals surface area contributed by atoms with Crippen LogP contribution < -0.4 is 5.73 Å². The van der Waals surface area contributed by atoms with E-state index < -0.39 is 0 Å². The average Bonchev–Trinajstić information content (AvgIpc) is 2.31. The molecule has 94 valence electrons. The number of halogens is 2. The summed E-state index contributed by atoms with van der Waals surface area (Å²) in [5.74, 6) is -0.247. The molecule has 0 fully saturated rings. The second-order valence-corrected chi connectivity index (χ2v) is 5.56. The maximum atomic E-state index is 13.1. The summed E-state index contributed by atoms with van der Waals surface area (Å²) in [4.78, 5) is 1.72. The maximum Gasteiger partial charge on any atom is 0.124 e. The fourth-order valence-electron chi connectivity index (χ4n) is 1.54. The Kier molecular flexibility index (Phi) is 4.27. The van der Waals surface area contributed by atoms with Gasteiger partial charge < -0.3 is 5.73 Å². The second-order valence-electron chi connectivity index (χ2n) is 4.04. The zero-order valence-corrected chi connectivity index (χ0v) is 11.4. The minimum atomic E-state index is -0.247. The standard InChI is InChI=1S/C14H13ClFNS/c1-9(17)10-5-6-14(13(15)7-10)18-12-4-2-3-11(16)8-12/h2-9H,17H2,1H3. The molecule has 0 amide bonds. The van der Waals surface area contributed by atoms with Gasteiger partial charge in [-0.25, -0.2) is 4.39 Å². The molecule has 2 rings (SSSR count). The number of nitrogens with two attached hydrogens (primary N) is 1. The third-order valence-electron chi connectivity index (χ3n) is 2.51. The smallest absolute Gasteiger partial charge is 0.124 e. The van der Waals surface area contributed by atoms with Gasteiger partial charge >= 0.3 is 0 Å². The molecule has 1 atom stereocenters. The molecular weight excluding hydrogens is 269 g/mol. The van der Waals surface area contributed by atoms with Crippen molar-refractivity contribution in [3.8, 4) is 0 Å². The Morgan fingerprint density at radius 3 is 2.61 bits per heavy atom. The van der Waals surface area contributed by atoms with Crippen molar-refractivity contribution in [3.05, 3.63) is 58.9 Å². The van der Waals surface area contributed by atoms with Crippen LogP contribution in [0.25, 0.3) is 0 Å². The lowest BCUT2D eigenvalue weighted by Crippen LogP contribution is -2.04. The predicted octanol–water partition coefficient (Wildman–Crippen LogP) is 4.65. The lowest BCUT2D eigenvalue weighted by atomic mass is 10.1. The summed E-state index contributed by atoms with van der Waals surface area (Å²) in [6.07, 6.45) is 0. The first-order valence-electron chi connectivity index (χ1n) is 5.54. The van der Waals surface area contributed by atoms with Gasteiger partial charge in [0.2, 0.25) is 0 Å². The summed E-state index contributed by atoms with van der Waals surface area (Å²) in [6, 6.07) is 12.1. The van der Waals surface area contributed by atoms with Crippen molar-refractivity contribution in [3.63, 3.8) is 0 Å². The lowest BCUT2D eigenvalue weighted by Gasteiger charge is -2.09. The molecule has 2 aromatic carbocycles. The molecular formula is C14H13ClFNS. The van der Waals surface area contributed by atoms with Crippen LogP contribution in [0.4, 0.5) is 4.39 Å². The van der Waals surface area contributed by atoms with E-state index in [1.54, 1.807) is 6.07 Å². The monoisotopic (exact) mass is 281 g/mol. The number of benzene rings is 2. The Morgan fingerprint density at radius 2 is 2.00 bits per heavy atom. The molecule has 0 spiro atoms. The van der Waals surface area contributed by atoms with Gasteiger partial charge in [-0.05, 0) is 42.8 Å². The highest BCUT2D eigenvalue weighted by Crippen LogP contribution is 2.34.